The van der Waals surface area contributed by atoms with Crippen molar-refractivity contribution >= 4 is 5.91 Å². The van der Waals surface area contributed by atoms with E-state index in [1.807, 2.05) is 35.2 Å². The summed E-state index contributed by atoms with van der Waals surface area (Å²) in [5, 5.41) is 0. The van der Waals surface area contributed by atoms with Gasteiger partial charge in [0.15, 0.2) is 11.5 Å². The molecule has 1 aromatic heterocycles. The summed E-state index contributed by atoms with van der Waals surface area (Å²) in [7, 11) is 2.17. The molecule has 0 bridgehead atoms. The van der Waals surface area contributed by atoms with Crippen LogP contribution in [0.15, 0.2) is 42.7 Å². The zero-order chi connectivity index (χ0) is 20.1. The predicted octanol–water partition coefficient (Wildman–Crippen LogP) is 3.46. The largest absolute Gasteiger partial charge is 0.454 e. The molecule has 0 saturated carbocycles. The fourth-order valence-corrected chi connectivity index (χ4v) is 4.20. The standard InChI is InChI=1S/C23H29N3O3/c1-25-12-2-3-18(14-25)5-7-23(27)26(15-19-8-10-24-11-9-19)16-20-4-6-21-22(13-20)29-17-28-21/h4,6,8-11,13,18H,2-3,5,7,12,14-17H2,1H3/t18-/m1/s1. The number of hydrogen-bond acceptors (Lipinski definition) is 5. The second kappa shape index (κ2) is 9.27. The zero-order valence-corrected chi connectivity index (χ0v) is 17.0. The molecule has 1 aromatic carbocycles. The molecule has 1 atom stereocenters. The average Bonchev–Trinajstić information content (AvgIpc) is 3.20. The number of carbonyl (C=O) groups is 1. The lowest BCUT2D eigenvalue weighted by Gasteiger charge is -2.30. The molecular formula is C23H29N3O3. The van der Waals surface area contributed by atoms with Gasteiger partial charge in [0.25, 0.3) is 0 Å². The van der Waals surface area contributed by atoms with Crippen LogP contribution in [0, 0.1) is 5.92 Å². The highest BCUT2D eigenvalue weighted by atomic mass is 16.7. The summed E-state index contributed by atoms with van der Waals surface area (Å²) in [6.45, 7) is 3.67. The lowest BCUT2D eigenvalue weighted by Crippen LogP contribution is -2.34. The van der Waals surface area contributed by atoms with E-state index in [1.54, 1.807) is 12.4 Å². The van der Waals surface area contributed by atoms with Gasteiger partial charge >= 0.3 is 0 Å². The quantitative estimate of drug-likeness (QED) is 0.719. The topological polar surface area (TPSA) is 54.9 Å². The van der Waals surface area contributed by atoms with Gasteiger partial charge in [0, 0.05) is 38.4 Å². The Hall–Kier alpha value is -2.60. The van der Waals surface area contributed by atoms with Gasteiger partial charge in [0.2, 0.25) is 12.7 Å². The number of amides is 1. The number of fused-ring (bicyclic) bond motifs is 1. The Morgan fingerprint density at radius 3 is 2.76 bits per heavy atom. The van der Waals surface area contributed by atoms with E-state index in [2.05, 4.69) is 16.9 Å². The maximum absolute atomic E-state index is 13.2. The van der Waals surface area contributed by atoms with Crippen molar-refractivity contribution in [3.05, 3.63) is 53.9 Å². The van der Waals surface area contributed by atoms with Crippen LogP contribution in [0.3, 0.4) is 0 Å². The molecule has 6 nitrogen and oxygen atoms in total. The third-order valence-electron chi connectivity index (χ3n) is 5.77. The van der Waals surface area contributed by atoms with E-state index >= 15 is 0 Å². The Kier molecular flexibility index (Phi) is 6.30. The minimum absolute atomic E-state index is 0.202. The van der Waals surface area contributed by atoms with Crippen LogP contribution >= 0.6 is 0 Å². The fourth-order valence-electron chi connectivity index (χ4n) is 4.20. The molecule has 1 fully saturated rings. The number of carbonyl (C=O) groups excluding carboxylic acids is 1. The monoisotopic (exact) mass is 395 g/mol. The third kappa shape index (κ3) is 5.26. The van der Waals surface area contributed by atoms with Crippen LogP contribution in [0.2, 0.25) is 0 Å². The van der Waals surface area contributed by atoms with Crippen molar-refractivity contribution < 1.29 is 14.3 Å². The molecule has 0 unspecified atom stereocenters. The molecule has 1 saturated heterocycles. The van der Waals surface area contributed by atoms with Crippen molar-refractivity contribution in [3.63, 3.8) is 0 Å². The molecule has 29 heavy (non-hydrogen) atoms. The van der Waals surface area contributed by atoms with Crippen LogP contribution in [0.4, 0.5) is 0 Å². The first-order valence-electron chi connectivity index (χ1n) is 10.4. The smallest absolute Gasteiger partial charge is 0.231 e. The summed E-state index contributed by atoms with van der Waals surface area (Å²) in [5.74, 6) is 2.34. The first-order chi connectivity index (χ1) is 14.2. The van der Waals surface area contributed by atoms with Gasteiger partial charge in [-0.1, -0.05) is 6.07 Å². The minimum Gasteiger partial charge on any atom is -0.454 e. The molecule has 1 amide bonds. The van der Waals surface area contributed by atoms with Crippen LogP contribution in [-0.4, -0.2) is 47.6 Å². The number of hydrogen-bond donors (Lipinski definition) is 0. The predicted molar refractivity (Wildman–Crippen MR) is 111 cm³/mol. The molecule has 4 rings (SSSR count). The zero-order valence-electron chi connectivity index (χ0n) is 17.0. The second-order valence-corrected chi connectivity index (χ2v) is 8.10. The molecule has 2 aromatic rings. The van der Waals surface area contributed by atoms with Gasteiger partial charge in [-0.25, -0.2) is 0 Å². The van der Waals surface area contributed by atoms with Crippen LogP contribution in [0.1, 0.15) is 36.8 Å². The highest BCUT2D eigenvalue weighted by Gasteiger charge is 2.21. The summed E-state index contributed by atoms with van der Waals surface area (Å²) < 4.78 is 10.9. The Balaban J connectivity index is 1.43. The molecule has 154 valence electrons. The molecule has 3 heterocycles. The molecular weight excluding hydrogens is 366 g/mol. The molecule has 0 N–H and O–H groups in total. The van der Waals surface area contributed by atoms with Crippen molar-refractivity contribution in [2.24, 2.45) is 5.92 Å². The van der Waals surface area contributed by atoms with E-state index in [0.717, 1.165) is 35.6 Å². The Morgan fingerprint density at radius 1 is 1.14 bits per heavy atom. The first-order valence-corrected chi connectivity index (χ1v) is 10.4. The van der Waals surface area contributed by atoms with E-state index in [9.17, 15) is 4.79 Å². The van der Waals surface area contributed by atoms with Gasteiger partial charge in [-0.3, -0.25) is 9.78 Å². The van der Waals surface area contributed by atoms with Crippen molar-refractivity contribution in [3.8, 4) is 11.5 Å². The normalized spacial score (nSPS) is 18.6. The molecule has 2 aliphatic rings. The highest BCUT2D eigenvalue weighted by Crippen LogP contribution is 2.33. The van der Waals surface area contributed by atoms with Gasteiger partial charge in [-0.2, -0.15) is 0 Å². The van der Waals surface area contributed by atoms with Gasteiger partial charge in [0.1, 0.15) is 0 Å². The molecule has 0 spiro atoms. The number of benzene rings is 1. The number of pyridine rings is 1. The number of ether oxygens (including phenoxy) is 2. The van der Waals surface area contributed by atoms with Gasteiger partial charge < -0.3 is 19.3 Å². The SMILES string of the molecule is CN1CCC[C@H](CCC(=O)N(Cc2ccncc2)Cc2ccc3c(c2)OCO3)C1. The van der Waals surface area contributed by atoms with Crippen LogP contribution in [-0.2, 0) is 17.9 Å². The van der Waals surface area contributed by atoms with E-state index in [0.29, 0.717) is 25.4 Å². The number of rotatable bonds is 7. The molecule has 2 aliphatic heterocycles. The summed E-state index contributed by atoms with van der Waals surface area (Å²) in [6.07, 6.45) is 7.55. The first kappa shape index (κ1) is 19.7. The fraction of sp³-hybridized carbons (Fsp3) is 0.478. The number of nitrogens with zero attached hydrogens (tertiary/aromatic N) is 3. The van der Waals surface area contributed by atoms with Crippen molar-refractivity contribution in [1.29, 1.82) is 0 Å². The molecule has 6 heteroatoms. The maximum atomic E-state index is 13.2. The Bertz CT molecular complexity index is 827. The van der Waals surface area contributed by atoms with Gasteiger partial charge in [-0.15, -0.1) is 0 Å². The van der Waals surface area contributed by atoms with E-state index in [-0.39, 0.29) is 12.7 Å². The summed E-state index contributed by atoms with van der Waals surface area (Å²) >= 11 is 0. The molecule has 0 aliphatic carbocycles. The lowest BCUT2D eigenvalue weighted by atomic mass is 9.93. The highest BCUT2D eigenvalue weighted by molar-refractivity contribution is 5.76. The van der Waals surface area contributed by atoms with Gasteiger partial charge in [0.05, 0.1) is 0 Å². The Morgan fingerprint density at radius 2 is 1.93 bits per heavy atom. The maximum Gasteiger partial charge on any atom is 0.231 e. The van der Waals surface area contributed by atoms with Crippen molar-refractivity contribution in [1.82, 2.24) is 14.8 Å². The van der Waals surface area contributed by atoms with Gasteiger partial charge in [-0.05, 0) is 74.2 Å². The van der Waals surface area contributed by atoms with Crippen LogP contribution in [0.5, 0.6) is 11.5 Å². The van der Waals surface area contributed by atoms with Crippen LogP contribution < -0.4 is 9.47 Å². The lowest BCUT2D eigenvalue weighted by molar-refractivity contribution is -0.132. The summed E-state index contributed by atoms with van der Waals surface area (Å²) in [4.78, 5) is 21.6. The van der Waals surface area contributed by atoms with E-state index < -0.39 is 0 Å². The second-order valence-electron chi connectivity index (χ2n) is 8.10. The summed E-state index contributed by atoms with van der Waals surface area (Å²) in [6, 6.07) is 9.85. The van der Waals surface area contributed by atoms with Crippen molar-refractivity contribution in [2.75, 3.05) is 26.9 Å². The average molecular weight is 396 g/mol. The molecule has 0 radical (unpaired) electrons. The van der Waals surface area contributed by atoms with Crippen LogP contribution in [0.25, 0.3) is 0 Å². The number of aromatic nitrogens is 1. The summed E-state index contributed by atoms with van der Waals surface area (Å²) in [5.41, 5.74) is 2.14. The Labute approximate surface area is 172 Å². The number of likely N-dealkylation sites (tertiary alicyclic amines) is 1. The van der Waals surface area contributed by atoms with E-state index in [4.69, 9.17) is 9.47 Å². The van der Waals surface area contributed by atoms with Crippen molar-refractivity contribution in [2.45, 2.75) is 38.8 Å². The van der Waals surface area contributed by atoms with E-state index in [1.165, 1.54) is 19.4 Å². The minimum atomic E-state index is 0.202. The third-order valence-corrected chi connectivity index (χ3v) is 5.77. The number of piperidine rings is 1.